The summed E-state index contributed by atoms with van der Waals surface area (Å²) in [5, 5.41) is 7.54. The van der Waals surface area contributed by atoms with Crippen LogP contribution in [0.2, 0.25) is 0 Å². The molecule has 48 heavy (non-hydrogen) atoms. The number of halogens is 1. The highest BCUT2D eigenvalue weighted by Gasteiger charge is 2.24. The normalized spacial score (nSPS) is 11.6. The molecule has 8 nitrogen and oxygen atoms in total. The highest BCUT2D eigenvalue weighted by Crippen LogP contribution is 2.37. The SMILES string of the molecule is COc1ccc(/C=C(/NC(=O)c2ccccc2)C(=O)Nc2cccc(SC(C(=O)Nc3ccccc3F)c3ccccc3)c2)c(OC)c1. The lowest BCUT2D eigenvalue weighted by Gasteiger charge is -2.18. The summed E-state index contributed by atoms with van der Waals surface area (Å²) in [6, 6.07) is 35.7. The molecule has 3 N–H and O–H groups in total. The second-order valence-electron chi connectivity index (χ2n) is 10.3. The third-order valence-electron chi connectivity index (χ3n) is 7.09. The number of nitrogens with one attached hydrogen (secondary N) is 3. The van der Waals surface area contributed by atoms with Crippen molar-refractivity contribution < 1.29 is 28.2 Å². The van der Waals surface area contributed by atoms with Gasteiger partial charge in [0.2, 0.25) is 5.91 Å². The Labute approximate surface area is 282 Å². The fourth-order valence-corrected chi connectivity index (χ4v) is 5.76. The van der Waals surface area contributed by atoms with Crippen molar-refractivity contribution in [2.75, 3.05) is 24.9 Å². The maximum atomic E-state index is 14.4. The highest BCUT2D eigenvalue weighted by atomic mass is 32.2. The first kappa shape index (κ1) is 33.5. The summed E-state index contributed by atoms with van der Waals surface area (Å²) < 4.78 is 25.2. The predicted molar refractivity (Wildman–Crippen MR) is 187 cm³/mol. The summed E-state index contributed by atoms with van der Waals surface area (Å²) in [6.45, 7) is 0. The lowest BCUT2D eigenvalue weighted by Crippen LogP contribution is -2.30. The minimum atomic E-state index is -0.736. The molecule has 0 saturated heterocycles. The van der Waals surface area contributed by atoms with Gasteiger partial charge in [-0.05, 0) is 66.2 Å². The highest BCUT2D eigenvalue weighted by molar-refractivity contribution is 8.00. The standard InChI is InChI=1S/C38H32FN3O5S/c1-46-29-21-20-27(34(24-29)47-2)22-33(42-36(43)26-14-7-4-8-15-26)37(44)40-28-16-11-17-30(23-28)48-35(25-12-5-3-6-13-25)38(45)41-32-19-10-9-18-31(32)39/h3-24,35H,1-2H3,(H,40,44)(H,41,45)(H,42,43)/b33-22+. The molecule has 0 aliphatic heterocycles. The fraction of sp³-hybridized carbons (Fsp3) is 0.0789. The van der Waals surface area contributed by atoms with Crippen molar-refractivity contribution in [3.8, 4) is 11.5 Å². The lowest BCUT2D eigenvalue weighted by molar-refractivity contribution is -0.116. The van der Waals surface area contributed by atoms with Crippen molar-refractivity contribution in [3.05, 3.63) is 156 Å². The van der Waals surface area contributed by atoms with Gasteiger partial charge in [-0.15, -0.1) is 11.8 Å². The van der Waals surface area contributed by atoms with Gasteiger partial charge < -0.3 is 25.4 Å². The molecule has 0 saturated carbocycles. The number of hydrogen-bond donors (Lipinski definition) is 3. The summed E-state index contributed by atoms with van der Waals surface area (Å²) in [5.74, 6) is -1.01. The number of carbonyl (C=O) groups is 3. The number of anilines is 2. The molecule has 0 aromatic heterocycles. The van der Waals surface area contributed by atoms with E-state index >= 15 is 0 Å². The number of methoxy groups -OCH3 is 2. The van der Waals surface area contributed by atoms with Crippen LogP contribution in [0.5, 0.6) is 11.5 Å². The van der Waals surface area contributed by atoms with Crippen molar-refractivity contribution in [1.82, 2.24) is 5.32 Å². The van der Waals surface area contributed by atoms with E-state index < -0.39 is 28.8 Å². The molecule has 3 amide bonds. The van der Waals surface area contributed by atoms with Crippen LogP contribution in [-0.4, -0.2) is 31.9 Å². The number of rotatable bonds is 12. The Hall–Kier alpha value is -5.87. The molecular formula is C38H32FN3O5S. The third kappa shape index (κ3) is 8.68. The topological polar surface area (TPSA) is 106 Å². The Kier molecular flexibility index (Phi) is 11.2. The maximum absolute atomic E-state index is 14.4. The molecule has 5 rings (SSSR count). The summed E-state index contributed by atoms with van der Waals surface area (Å²) in [6.07, 6.45) is 1.52. The molecule has 0 aliphatic carbocycles. The number of ether oxygens (including phenoxy) is 2. The van der Waals surface area contributed by atoms with Crippen LogP contribution in [0.25, 0.3) is 6.08 Å². The molecule has 242 valence electrons. The van der Waals surface area contributed by atoms with E-state index in [0.717, 1.165) is 0 Å². The smallest absolute Gasteiger partial charge is 0.272 e. The van der Waals surface area contributed by atoms with Crippen LogP contribution in [0, 0.1) is 5.82 Å². The molecule has 0 radical (unpaired) electrons. The van der Waals surface area contributed by atoms with Crippen LogP contribution in [-0.2, 0) is 9.59 Å². The Morgan fingerprint density at radius 1 is 0.750 bits per heavy atom. The van der Waals surface area contributed by atoms with E-state index in [-0.39, 0.29) is 11.4 Å². The van der Waals surface area contributed by atoms with E-state index in [9.17, 15) is 18.8 Å². The molecular weight excluding hydrogens is 629 g/mol. The molecule has 10 heteroatoms. The second kappa shape index (κ2) is 16.1. The Bertz CT molecular complexity index is 1940. The molecule has 0 spiro atoms. The monoisotopic (exact) mass is 661 g/mol. The average molecular weight is 662 g/mol. The zero-order valence-corrected chi connectivity index (χ0v) is 26.9. The quantitative estimate of drug-likeness (QED) is 0.0934. The number of amides is 3. The van der Waals surface area contributed by atoms with Gasteiger partial charge in [-0.3, -0.25) is 14.4 Å². The first-order valence-corrected chi connectivity index (χ1v) is 15.7. The van der Waals surface area contributed by atoms with E-state index in [0.29, 0.717) is 38.8 Å². The first-order chi connectivity index (χ1) is 23.3. The molecule has 5 aromatic carbocycles. The van der Waals surface area contributed by atoms with Crippen molar-refractivity contribution in [2.24, 2.45) is 0 Å². The zero-order valence-electron chi connectivity index (χ0n) is 26.1. The van der Waals surface area contributed by atoms with Gasteiger partial charge in [-0.25, -0.2) is 4.39 Å². The van der Waals surface area contributed by atoms with Crippen LogP contribution in [0.15, 0.2) is 138 Å². The Balaban J connectivity index is 1.41. The summed E-state index contributed by atoms with van der Waals surface area (Å²) in [7, 11) is 3.03. The molecule has 5 aromatic rings. The van der Waals surface area contributed by atoms with Gasteiger partial charge in [0, 0.05) is 27.8 Å². The van der Waals surface area contributed by atoms with Gasteiger partial charge in [0.15, 0.2) is 0 Å². The molecule has 0 fully saturated rings. The van der Waals surface area contributed by atoms with E-state index in [1.54, 1.807) is 78.9 Å². The van der Waals surface area contributed by atoms with Crippen molar-refractivity contribution in [2.45, 2.75) is 10.1 Å². The number of thioether (sulfide) groups is 1. The third-order valence-corrected chi connectivity index (χ3v) is 8.34. The Morgan fingerprint density at radius 2 is 1.46 bits per heavy atom. The Morgan fingerprint density at radius 3 is 2.17 bits per heavy atom. The van der Waals surface area contributed by atoms with Crippen molar-refractivity contribution in [3.63, 3.8) is 0 Å². The predicted octanol–water partition coefficient (Wildman–Crippen LogP) is 7.72. The largest absolute Gasteiger partial charge is 0.497 e. The van der Waals surface area contributed by atoms with Gasteiger partial charge in [0.1, 0.15) is 28.3 Å². The average Bonchev–Trinajstić information content (AvgIpc) is 3.12. The van der Waals surface area contributed by atoms with Gasteiger partial charge >= 0.3 is 0 Å². The fourth-order valence-electron chi connectivity index (χ4n) is 4.68. The molecule has 0 aliphatic rings. The van der Waals surface area contributed by atoms with Gasteiger partial charge in [-0.1, -0.05) is 66.7 Å². The van der Waals surface area contributed by atoms with E-state index in [4.69, 9.17) is 9.47 Å². The van der Waals surface area contributed by atoms with Crippen LogP contribution in [0.1, 0.15) is 26.7 Å². The minimum Gasteiger partial charge on any atom is -0.497 e. The van der Waals surface area contributed by atoms with E-state index in [2.05, 4.69) is 16.0 Å². The van der Waals surface area contributed by atoms with Gasteiger partial charge in [0.25, 0.3) is 11.8 Å². The number of benzene rings is 5. The first-order valence-electron chi connectivity index (χ1n) is 14.8. The van der Waals surface area contributed by atoms with Gasteiger partial charge in [0.05, 0.1) is 19.9 Å². The van der Waals surface area contributed by atoms with E-state index in [1.165, 1.54) is 44.2 Å². The van der Waals surface area contributed by atoms with Crippen LogP contribution in [0.3, 0.4) is 0 Å². The second-order valence-corrected chi connectivity index (χ2v) is 11.5. The van der Waals surface area contributed by atoms with Crippen LogP contribution >= 0.6 is 11.8 Å². The summed E-state index contributed by atoms with van der Waals surface area (Å²) in [4.78, 5) is 41.0. The minimum absolute atomic E-state index is 0.0307. The molecule has 0 bridgehead atoms. The van der Waals surface area contributed by atoms with Gasteiger partial charge in [-0.2, -0.15) is 0 Å². The molecule has 1 atom stereocenters. The maximum Gasteiger partial charge on any atom is 0.272 e. The van der Waals surface area contributed by atoms with Crippen molar-refractivity contribution >= 4 is 46.9 Å². The summed E-state index contributed by atoms with van der Waals surface area (Å²) in [5.41, 5.74) is 2.10. The summed E-state index contributed by atoms with van der Waals surface area (Å²) >= 11 is 1.25. The number of carbonyl (C=O) groups excluding carboxylic acids is 3. The van der Waals surface area contributed by atoms with Crippen LogP contribution in [0.4, 0.5) is 15.8 Å². The molecule has 0 heterocycles. The van der Waals surface area contributed by atoms with E-state index in [1.807, 2.05) is 36.4 Å². The number of hydrogen-bond acceptors (Lipinski definition) is 6. The van der Waals surface area contributed by atoms with Crippen LogP contribution < -0.4 is 25.4 Å². The van der Waals surface area contributed by atoms with Crippen molar-refractivity contribution in [1.29, 1.82) is 0 Å². The zero-order chi connectivity index (χ0) is 33.9. The lowest BCUT2D eigenvalue weighted by atomic mass is 10.1. The number of para-hydroxylation sites is 1. The molecule has 1 unspecified atom stereocenters.